The molecule has 0 aliphatic carbocycles. The lowest BCUT2D eigenvalue weighted by Crippen LogP contribution is -2.43. The van der Waals surface area contributed by atoms with Crippen LogP contribution in [0.4, 0.5) is 0 Å². The van der Waals surface area contributed by atoms with Gasteiger partial charge in [0.05, 0.1) is 12.7 Å². The summed E-state index contributed by atoms with van der Waals surface area (Å²) in [5.74, 6) is 1.02. The van der Waals surface area contributed by atoms with Crippen molar-refractivity contribution in [2.45, 2.75) is 12.8 Å². The van der Waals surface area contributed by atoms with Crippen LogP contribution in [0.2, 0.25) is 5.02 Å². The Hall–Kier alpha value is -1.40. The highest BCUT2D eigenvalue weighted by Crippen LogP contribution is 2.26. The summed E-state index contributed by atoms with van der Waals surface area (Å²) < 4.78 is 5.24. The molecule has 5 nitrogen and oxygen atoms in total. The number of nitrogens with one attached hydrogen (secondary N) is 1. The third-order valence-corrected chi connectivity index (χ3v) is 4.41. The van der Waals surface area contributed by atoms with Crippen molar-refractivity contribution in [2.24, 2.45) is 5.92 Å². The van der Waals surface area contributed by atoms with E-state index in [2.05, 4.69) is 17.9 Å². The molecule has 7 heteroatoms. The lowest BCUT2D eigenvalue weighted by Gasteiger charge is -2.31. The summed E-state index contributed by atoms with van der Waals surface area (Å²) in [5, 5.41) is 3.34. The molecule has 0 saturated carbocycles. The van der Waals surface area contributed by atoms with Gasteiger partial charge in [-0.3, -0.25) is 9.59 Å². The molecule has 1 saturated heterocycles. The number of methoxy groups -OCH3 is 1. The minimum absolute atomic E-state index is 0.0415. The van der Waals surface area contributed by atoms with E-state index in [-0.39, 0.29) is 17.7 Å². The van der Waals surface area contributed by atoms with Crippen molar-refractivity contribution in [1.29, 1.82) is 0 Å². The largest absolute Gasteiger partial charge is 0.496 e. The van der Waals surface area contributed by atoms with Crippen LogP contribution < -0.4 is 10.1 Å². The van der Waals surface area contributed by atoms with Crippen LogP contribution >= 0.6 is 24.2 Å². The number of carbonyl (C=O) groups excluding carboxylic acids is 2. The molecule has 0 spiro atoms. The zero-order valence-corrected chi connectivity index (χ0v) is 14.7. The fraction of sp³-hybridized carbons (Fsp3) is 0.500. The Morgan fingerprint density at radius 3 is 2.70 bits per heavy atom. The number of amides is 2. The predicted molar refractivity (Wildman–Crippen MR) is 93.5 cm³/mol. The van der Waals surface area contributed by atoms with Gasteiger partial charge in [0.2, 0.25) is 5.91 Å². The SMILES string of the molecule is COc1ccc(Cl)cc1C(=O)N1CCC(C(=O)NCCS)CC1. The van der Waals surface area contributed by atoms with Gasteiger partial charge < -0.3 is 15.0 Å². The standard InChI is InChI=1S/C16H21ClN2O3S/c1-22-14-3-2-12(17)10-13(14)16(21)19-7-4-11(5-8-19)15(20)18-6-9-23/h2-3,10-11,23H,4-9H2,1H3,(H,18,20). The highest BCUT2D eigenvalue weighted by atomic mass is 35.5. The summed E-state index contributed by atoms with van der Waals surface area (Å²) in [5.41, 5.74) is 0.456. The van der Waals surface area contributed by atoms with Gasteiger partial charge in [-0.2, -0.15) is 12.6 Å². The van der Waals surface area contributed by atoms with Crippen molar-refractivity contribution in [3.05, 3.63) is 28.8 Å². The van der Waals surface area contributed by atoms with Crippen molar-refractivity contribution >= 4 is 36.0 Å². The number of likely N-dealkylation sites (tertiary alicyclic amines) is 1. The smallest absolute Gasteiger partial charge is 0.257 e. The van der Waals surface area contributed by atoms with E-state index in [1.54, 1.807) is 23.1 Å². The quantitative estimate of drug-likeness (QED) is 0.795. The maximum atomic E-state index is 12.7. The van der Waals surface area contributed by atoms with E-state index in [4.69, 9.17) is 16.3 Å². The Balaban J connectivity index is 1.99. The molecule has 23 heavy (non-hydrogen) atoms. The maximum absolute atomic E-state index is 12.7. The fourth-order valence-electron chi connectivity index (χ4n) is 2.69. The molecule has 1 fully saturated rings. The normalized spacial score (nSPS) is 15.3. The third kappa shape index (κ3) is 4.54. The predicted octanol–water partition coefficient (Wildman–Crippen LogP) is 2.25. The molecule has 0 bridgehead atoms. The number of thiol groups is 1. The molecule has 1 aliphatic heterocycles. The van der Waals surface area contributed by atoms with E-state index in [0.717, 1.165) is 0 Å². The van der Waals surface area contributed by atoms with Crippen LogP contribution in [0.25, 0.3) is 0 Å². The first-order chi connectivity index (χ1) is 11.1. The first-order valence-electron chi connectivity index (χ1n) is 7.58. The Morgan fingerprint density at radius 1 is 1.39 bits per heavy atom. The summed E-state index contributed by atoms with van der Waals surface area (Å²) in [7, 11) is 1.53. The van der Waals surface area contributed by atoms with Crippen LogP contribution in [-0.2, 0) is 4.79 Å². The minimum Gasteiger partial charge on any atom is -0.496 e. The fourth-order valence-corrected chi connectivity index (χ4v) is 2.97. The van der Waals surface area contributed by atoms with Gasteiger partial charge >= 0.3 is 0 Å². The number of hydrogen-bond acceptors (Lipinski definition) is 4. The lowest BCUT2D eigenvalue weighted by atomic mass is 9.95. The van der Waals surface area contributed by atoms with E-state index in [0.29, 0.717) is 54.6 Å². The number of ether oxygens (including phenoxy) is 1. The van der Waals surface area contributed by atoms with Crippen LogP contribution in [0.3, 0.4) is 0 Å². The number of hydrogen-bond donors (Lipinski definition) is 2. The Morgan fingerprint density at radius 2 is 2.09 bits per heavy atom. The first kappa shape index (κ1) is 17.9. The lowest BCUT2D eigenvalue weighted by molar-refractivity contribution is -0.126. The molecule has 1 aromatic rings. The molecule has 1 heterocycles. The van der Waals surface area contributed by atoms with E-state index >= 15 is 0 Å². The van der Waals surface area contributed by atoms with E-state index in [1.165, 1.54) is 7.11 Å². The van der Waals surface area contributed by atoms with Gasteiger partial charge in [-0.05, 0) is 31.0 Å². The second-order valence-electron chi connectivity index (χ2n) is 5.43. The average molecular weight is 357 g/mol. The topological polar surface area (TPSA) is 58.6 Å². The van der Waals surface area contributed by atoms with Gasteiger partial charge in [-0.25, -0.2) is 0 Å². The number of rotatable bonds is 5. The molecular formula is C16H21ClN2O3S. The summed E-state index contributed by atoms with van der Waals surface area (Å²) in [6.07, 6.45) is 1.32. The maximum Gasteiger partial charge on any atom is 0.257 e. The Kier molecular flexibility index (Phi) is 6.59. The number of halogens is 1. The van der Waals surface area contributed by atoms with E-state index in [9.17, 15) is 9.59 Å². The van der Waals surface area contributed by atoms with Gasteiger partial charge in [0.15, 0.2) is 0 Å². The summed E-state index contributed by atoms with van der Waals surface area (Å²) >= 11 is 10.1. The van der Waals surface area contributed by atoms with Gasteiger partial charge in [-0.15, -0.1) is 0 Å². The number of piperidine rings is 1. The van der Waals surface area contributed by atoms with Gasteiger partial charge in [-0.1, -0.05) is 11.6 Å². The van der Waals surface area contributed by atoms with Crippen molar-refractivity contribution in [2.75, 3.05) is 32.5 Å². The highest BCUT2D eigenvalue weighted by molar-refractivity contribution is 7.80. The summed E-state index contributed by atoms with van der Waals surface area (Å²) in [6.45, 7) is 1.67. The average Bonchev–Trinajstić information content (AvgIpc) is 2.59. The molecule has 0 atom stereocenters. The minimum atomic E-state index is -0.112. The molecule has 1 N–H and O–H groups in total. The van der Waals surface area contributed by atoms with Crippen LogP contribution in [0.1, 0.15) is 23.2 Å². The molecule has 2 rings (SSSR count). The molecule has 1 aromatic carbocycles. The van der Waals surface area contributed by atoms with Crippen molar-refractivity contribution in [3.8, 4) is 5.75 Å². The van der Waals surface area contributed by atoms with E-state index < -0.39 is 0 Å². The van der Waals surface area contributed by atoms with Crippen LogP contribution in [0.5, 0.6) is 5.75 Å². The zero-order chi connectivity index (χ0) is 16.8. The zero-order valence-electron chi connectivity index (χ0n) is 13.0. The highest BCUT2D eigenvalue weighted by Gasteiger charge is 2.28. The number of nitrogens with zero attached hydrogens (tertiary/aromatic N) is 1. The first-order valence-corrected chi connectivity index (χ1v) is 8.59. The third-order valence-electron chi connectivity index (χ3n) is 3.96. The van der Waals surface area contributed by atoms with Crippen LogP contribution in [0.15, 0.2) is 18.2 Å². The molecular weight excluding hydrogens is 336 g/mol. The molecule has 0 radical (unpaired) electrons. The Bertz CT molecular complexity index is 574. The van der Waals surface area contributed by atoms with Crippen molar-refractivity contribution in [3.63, 3.8) is 0 Å². The van der Waals surface area contributed by atoms with Gasteiger partial charge in [0.25, 0.3) is 5.91 Å². The molecule has 126 valence electrons. The van der Waals surface area contributed by atoms with Crippen molar-refractivity contribution in [1.82, 2.24) is 10.2 Å². The summed E-state index contributed by atoms with van der Waals surface area (Å²) in [6, 6.07) is 5.00. The monoisotopic (exact) mass is 356 g/mol. The number of carbonyl (C=O) groups is 2. The van der Waals surface area contributed by atoms with Gasteiger partial charge in [0.1, 0.15) is 5.75 Å². The molecule has 0 aromatic heterocycles. The second kappa shape index (κ2) is 8.45. The van der Waals surface area contributed by atoms with Gasteiger partial charge in [0, 0.05) is 36.3 Å². The Labute approximate surface area is 146 Å². The van der Waals surface area contributed by atoms with E-state index in [1.807, 2.05) is 0 Å². The molecule has 2 amide bonds. The second-order valence-corrected chi connectivity index (χ2v) is 6.31. The van der Waals surface area contributed by atoms with Crippen molar-refractivity contribution < 1.29 is 14.3 Å². The van der Waals surface area contributed by atoms with Crippen LogP contribution in [-0.4, -0.2) is 49.2 Å². The molecule has 1 aliphatic rings. The number of benzene rings is 1. The van der Waals surface area contributed by atoms with Crippen LogP contribution in [0, 0.1) is 5.92 Å². The summed E-state index contributed by atoms with van der Waals surface area (Å²) in [4.78, 5) is 26.4. The molecule has 0 unspecified atom stereocenters.